The molecule has 0 aromatic heterocycles. The number of hydrogen-bond acceptors (Lipinski definition) is 6. The lowest BCUT2D eigenvalue weighted by Crippen LogP contribution is -2.19. The molecule has 0 atom stereocenters. The molecule has 0 aliphatic heterocycles. The maximum Gasteiger partial charge on any atom is 0.530 e. The Labute approximate surface area is 469 Å². The normalized spacial score (nSPS) is 12.9. The van der Waals surface area contributed by atoms with Gasteiger partial charge in [0.05, 0.1) is 0 Å². The van der Waals surface area contributed by atoms with Gasteiger partial charge < -0.3 is 27.1 Å². The van der Waals surface area contributed by atoms with E-state index in [1.54, 1.807) is 0 Å². The highest BCUT2D eigenvalue weighted by Gasteiger charge is 2.33. The van der Waals surface area contributed by atoms with Gasteiger partial charge in [0, 0.05) is 28.7 Å². The summed E-state index contributed by atoms with van der Waals surface area (Å²) in [6.45, 7) is 49.3. The van der Waals surface area contributed by atoms with Crippen LogP contribution in [0.25, 0.3) is 0 Å². The van der Waals surface area contributed by atoms with E-state index < -0.39 is 17.2 Å². The van der Waals surface area contributed by atoms with Crippen LogP contribution in [0, 0.1) is 11.8 Å². The van der Waals surface area contributed by atoms with Crippen LogP contribution in [0.15, 0.2) is 121 Å². The van der Waals surface area contributed by atoms with Crippen LogP contribution in [0.5, 0.6) is 34.5 Å². The number of para-hydroxylation sites is 1. The van der Waals surface area contributed by atoms with Crippen molar-refractivity contribution < 1.29 is 27.1 Å². The fourth-order valence-electron chi connectivity index (χ4n) is 9.28. The summed E-state index contributed by atoms with van der Waals surface area (Å²) < 4.78 is 42.1. The number of benzene rings is 6. The zero-order valence-corrected chi connectivity index (χ0v) is 53.0. The second-order valence-electron chi connectivity index (χ2n) is 28.2. The Morgan fingerprint density at radius 1 is 0.325 bits per heavy atom. The Morgan fingerprint density at radius 2 is 0.688 bits per heavy atom. The molecule has 6 rings (SSSR count). The topological polar surface area (TPSA) is 55.4 Å². The number of rotatable bonds is 18. The molecule has 0 aliphatic carbocycles. The van der Waals surface area contributed by atoms with Gasteiger partial charge in [-0.05, 0) is 133 Å². The van der Waals surface area contributed by atoms with Crippen LogP contribution < -0.4 is 27.1 Å². The fraction of sp³-hybridized carbons (Fsp3) is 0.478. The van der Waals surface area contributed by atoms with Gasteiger partial charge in [0.1, 0.15) is 34.5 Å². The molecular weight excluding hydrogens is 987 g/mol. The summed E-state index contributed by atoms with van der Waals surface area (Å²) in [6.07, 6.45) is 2.52. The van der Waals surface area contributed by atoms with E-state index >= 15 is 0 Å². The first-order chi connectivity index (χ1) is 35.5. The predicted octanol–water partition coefficient (Wildman–Crippen LogP) is 21.0. The van der Waals surface area contributed by atoms with Gasteiger partial charge in [0.25, 0.3) is 0 Å². The average molecular weight is 1080 g/mol. The summed E-state index contributed by atoms with van der Waals surface area (Å²) >= 11 is 0. The first-order valence-electron chi connectivity index (χ1n) is 28.0. The monoisotopic (exact) mass is 1080 g/mol. The zero-order chi connectivity index (χ0) is 57.1. The molecule has 0 aliphatic rings. The average Bonchev–Trinajstić information content (AvgIpc) is 3.28. The molecule has 0 heterocycles. The van der Waals surface area contributed by atoms with Crippen LogP contribution >= 0.6 is 17.2 Å². The lowest BCUT2D eigenvalue weighted by Gasteiger charge is -2.30. The molecule has 0 saturated heterocycles. The van der Waals surface area contributed by atoms with Crippen molar-refractivity contribution >= 4 is 17.2 Å². The SMILES string of the molecule is CC(C)Cc1ccc(OP(Oc2ccccc2Cc2cccc(OP(Oc3ccc(C(C)(C)C)cc3C(C)(C)C)Oc3ccc(C(C)(C)C)cc3C(C)(C)C)c2)Oc2ccc(CC(C)C)cc2C(C)(C)C)c(C(C)(C)C)c1. The van der Waals surface area contributed by atoms with E-state index in [1.165, 1.54) is 22.3 Å². The smallest absolute Gasteiger partial charge is 0.408 e. The van der Waals surface area contributed by atoms with Crippen LogP contribution in [0.3, 0.4) is 0 Å². The quantitative estimate of drug-likeness (QED) is 0.0800. The Hall–Kier alpha value is -5.02. The van der Waals surface area contributed by atoms with Gasteiger partial charge in [-0.1, -0.05) is 231 Å². The molecule has 416 valence electrons. The molecular formula is C69H94O6P2. The van der Waals surface area contributed by atoms with Gasteiger partial charge in [-0.15, -0.1) is 0 Å². The van der Waals surface area contributed by atoms with E-state index in [9.17, 15) is 0 Å². The third kappa shape index (κ3) is 17.2. The van der Waals surface area contributed by atoms with Crippen molar-refractivity contribution in [3.05, 3.63) is 177 Å². The van der Waals surface area contributed by atoms with E-state index in [-0.39, 0.29) is 32.5 Å². The van der Waals surface area contributed by atoms with Crippen molar-refractivity contribution in [3.63, 3.8) is 0 Å². The highest BCUT2D eigenvalue weighted by Crippen LogP contribution is 2.51. The van der Waals surface area contributed by atoms with Crippen LogP contribution in [-0.2, 0) is 51.8 Å². The van der Waals surface area contributed by atoms with Crippen molar-refractivity contribution in [3.8, 4) is 34.5 Å². The minimum atomic E-state index is -2.02. The second-order valence-corrected chi connectivity index (χ2v) is 30.2. The third-order valence-electron chi connectivity index (χ3n) is 13.6. The zero-order valence-electron chi connectivity index (χ0n) is 51.2. The van der Waals surface area contributed by atoms with Crippen LogP contribution in [0.2, 0.25) is 0 Å². The minimum Gasteiger partial charge on any atom is -0.408 e. The van der Waals surface area contributed by atoms with E-state index in [0.29, 0.717) is 29.8 Å². The van der Waals surface area contributed by atoms with E-state index in [4.69, 9.17) is 27.1 Å². The predicted molar refractivity (Wildman–Crippen MR) is 328 cm³/mol. The summed E-state index contributed by atoms with van der Waals surface area (Å²) in [5.74, 6) is 5.37. The van der Waals surface area contributed by atoms with Crippen molar-refractivity contribution in [2.45, 2.75) is 204 Å². The van der Waals surface area contributed by atoms with Crippen LogP contribution in [0.1, 0.15) is 208 Å². The molecule has 0 saturated carbocycles. The Morgan fingerprint density at radius 3 is 1.08 bits per heavy atom. The first kappa shape index (κ1) is 61.2. The Bertz CT molecular complexity index is 2780. The highest BCUT2D eigenvalue weighted by molar-refractivity contribution is 7.43. The molecule has 6 aromatic rings. The van der Waals surface area contributed by atoms with Crippen molar-refractivity contribution in [2.75, 3.05) is 0 Å². The second kappa shape index (κ2) is 24.1. The van der Waals surface area contributed by atoms with Crippen LogP contribution in [0.4, 0.5) is 0 Å². The molecule has 0 radical (unpaired) electrons. The summed E-state index contributed by atoms with van der Waals surface area (Å²) in [5, 5.41) is 0. The molecule has 0 bridgehead atoms. The summed E-state index contributed by atoms with van der Waals surface area (Å²) in [4.78, 5) is 0. The molecule has 0 spiro atoms. The van der Waals surface area contributed by atoms with Gasteiger partial charge in [-0.3, -0.25) is 0 Å². The first-order valence-corrected chi connectivity index (χ1v) is 30.2. The Balaban J connectivity index is 1.39. The molecule has 6 aromatic carbocycles. The number of hydrogen-bond donors (Lipinski definition) is 0. The molecule has 8 heteroatoms. The molecule has 0 amide bonds. The lowest BCUT2D eigenvalue weighted by atomic mass is 9.80. The molecule has 0 N–H and O–H groups in total. The van der Waals surface area contributed by atoms with Crippen molar-refractivity contribution in [1.82, 2.24) is 0 Å². The molecule has 6 nitrogen and oxygen atoms in total. The molecule has 77 heavy (non-hydrogen) atoms. The maximum absolute atomic E-state index is 7.07. The van der Waals surface area contributed by atoms with E-state index in [0.717, 1.165) is 69.2 Å². The maximum atomic E-state index is 7.07. The third-order valence-corrected chi connectivity index (χ3v) is 15.7. The van der Waals surface area contributed by atoms with Gasteiger partial charge in [0.15, 0.2) is 0 Å². The van der Waals surface area contributed by atoms with E-state index in [2.05, 4.69) is 249 Å². The summed E-state index contributed by atoms with van der Waals surface area (Å²) in [7, 11) is -4.04. The standard InChI is InChI=1S/C69H94O6P2/c1-46(2)38-49-30-34-60(55(42-49)66(11,12)13)74-77(75-61-35-31-50(39-47(3)4)43-56(61)67(14,15)16)71-59-29-24-23-27-51(59)40-48-26-25-28-54(41-48)70-76(72-62-36-32-52(64(5,6)7)44-57(62)68(17,18)19)73-63-37-33-53(65(8,9)10)45-58(63)69(20,21)22/h23-37,41-47H,38-40H2,1-22H3. The highest BCUT2D eigenvalue weighted by atomic mass is 31.2. The van der Waals surface area contributed by atoms with E-state index in [1.807, 2.05) is 24.3 Å². The largest absolute Gasteiger partial charge is 0.530 e. The van der Waals surface area contributed by atoms with Crippen molar-refractivity contribution in [2.24, 2.45) is 11.8 Å². The van der Waals surface area contributed by atoms with Gasteiger partial charge in [-0.25, -0.2) is 0 Å². The lowest BCUT2D eigenvalue weighted by molar-refractivity contribution is 0.374. The molecule has 0 fully saturated rings. The van der Waals surface area contributed by atoms with Gasteiger partial charge in [0.2, 0.25) is 0 Å². The fourth-order valence-corrected chi connectivity index (χ4v) is 11.4. The summed E-state index contributed by atoms with van der Waals surface area (Å²) in [5.41, 5.74) is 10.6. The molecule has 0 unspecified atom stereocenters. The Kier molecular flexibility index (Phi) is 19.2. The summed E-state index contributed by atoms with van der Waals surface area (Å²) in [6, 6.07) is 42.7. The van der Waals surface area contributed by atoms with Gasteiger partial charge in [-0.2, -0.15) is 0 Å². The minimum absolute atomic E-state index is 0.0387. The van der Waals surface area contributed by atoms with Crippen LogP contribution in [-0.4, -0.2) is 0 Å². The van der Waals surface area contributed by atoms with Crippen molar-refractivity contribution in [1.29, 1.82) is 0 Å². The van der Waals surface area contributed by atoms with Gasteiger partial charge >= 0.3 is 17.2 Å².